The fourth-order valence-corrected chi connectivity index (χ4v) is 3.59. The van der Waals surface area contributed by atoms with E-state index in [1.165, 1.54) is 0 Å². The molecule has 0 aliphatic carbocycles. The van der Waals surface area contributed by atoms with Gasteiger partial charge in [-0.2, -0.15) is 5.10 Å². The Balaban J connectivity index is 1.59. The molecule has 1 aliphatic rings. The normalized spacial score (nSPS) is 17.8. The fraction of sp³-hybridized carbons (Fsp3) is 0.368. The lowest BCUT2D eigenvalue weighted by Crippen LogP contribution is -2.46. The van der Waals surface area contributed by atoms with Crippen LogP contribution in [0.1, 0.15) is 29.8 Å². The molecule has 2 aromatic heterocycles. The minimum atomic E-state index is 0.0621. The Labute approximate surface area is 146 Å². The third-order valence-corrected chi connectivity index (χ3v) is 4.91. The number of methoxy groups -OCH3 is 1. The number of hydrogen-bond acceptors (Lipinski definition) is 3. The number of rotatable bonds is 4. The van der Waals surface area contributed by atoms with Crippen molar-refractivity contribution in [1.82, 2.24) is 19.7 Å². The number of H-pyrrole nitrogens is 1. The Morgan fingerprint density at radius 3 is 3.08 bits per heavy atom. The van der Waals surface area contributed by atoms with Gasteiger partial charge in [0.15, 0.2) is 0 Å². The molecule has 1 aromatic carbocycles. The summed E-state index contributed by atoms with van der Waals surface area (Å²) in [5, 5.41) is 5.31. The first kappa shape index (κ1) is 15.7. The molecule has 6 nitrogen and oxygen atoms in total. The molecule has 6 heteroatoms. The molecule has 1 N–H and O–H groups in total. The number of ether oxygens (including phenoxy) is 1. The standard InChI is InChI=1S/C19H22N4O2/c1-25-16-7-6-14-11-18(21-17(14)12-16)19(24)23-10-3-2-5-15(23)13-22-9-4-8-20-22/h4,6-9,11-12,15,21H,2-3,5,10,13H2,1H3/t15-/m1/s1. The van der Waals surface area contributed by atoms with E-state index in [9.17, 15) is 4.79 Å². The SMILES string of the molecule is COc1ccc2cc(C(=O)N3CCCC[C@@H]3Cn3cccn3)[nH]c2c1. The molecule has 130 valence electrons. The monoisotopic (exact) mass is 338 g/mol. The van der Waals surface area contributed by atoms with Crippen LogP contribution in [-0.4, -0.2) is 45.3 Å². The summed E-state index contributed by atoms with van der Waals surface area (Å²) >= 11 is 0. The highest BCUT2D eigenvalue weighted by molar-refractivity contribution is 5.98. The van der Waals surface area contributed by atoms with Gasteiger partial charge in [-0.3, -0.25) is 9.48 Å². The molecule has 0 bridgehead atoms. The van der Waals surface area contributed by atoms with Gasteiger partial charge in [-0.05, 0) is 43.5 Å². The molecule has 1 amide bonds. The van der Waals surface area contributed by atoms with Crippen molar-refractivity contribution in [2.45, 2.75) is 31.8 Å². The van der Waals surface area contributed by atoms with Gasteiger partial charge in [0, 0.05) is 35.9 Å². The van der Waals surface area contributed by atoms with E-state index >= 15 is 0 Å². The maximum absolute atomic E-state index is 13.1. The number of carbonyl (C=O) groups is 1. The zero-order chi connectivity index (χ0) is 17.2. The Bertz CT molecular complexity index is 869. The van der Waals surface area contributed by atoms with Crippen LogP contribution in [0.5, 0.6) is 5.75 Å². The number of aromatic amines is 1. The molecule has 3 aromatic rings. The molecule has 1 atom stereocenters. The van der Waals surface area contributed by atoms with E-state index in [0.29, 0.717) is 5.69 Å². The van der Waals surface area contributed by atoms with Crippen LogP contribution < -0.4 is 4.74 Å². The van der Waals surface area contributed by atoms with Crippen LogP contribution in [0.25, 0.3) is 10.9 Å². The molecular weight excluding hydrogens is 316 g/mol. The molecule has 25 heavy (non-hydrogen) atoms. The topological polar surface area (TPSA) is 63.1 Å². The van der Waals surface area contributed by atoms with Crippen molar-refractivity contribution < 1.29 is 9.53 Å². The second kappa shape index (κ2) is 6.63. The molecule has 0 saturated carbocycles. The summed E-state index contributed by atoms with van der Waals surface area (Å²) in [5.41, 5.74) is 1.55. The van der Waals surface area contributed by atoms with Crippen molar-refractivity contribution in [3.8, 4) is 5.75 Å². The Hall–Kier alpha value is -2.76. The quantitative estimate of drug-likeness (QED) is 0.795. The van der Waals surface area contributed by atoms with E-state index in [-0.39, 0.29) is 11.9 Å². The van der Waals surface area contributed by atoms with E-state index in [0.717, 1.165) is 49.0 Å². The average Bonchev–Trinajstić information content (AvgIpc) is 3.30. The number of nitrogens with one attached hydrogen (secondary N) is 1. The molecule has 1 saturated heterocycles. The van der Waals surface area contributed by atoms with Crippen LogP contribution >= 0.6 is 0 Å². The van der Waals surface area contributed by atoms with Crippen LogP contribution in [0, 0.1) is 0 Å². The number of amides is 1. The summed E-state index contributed by atoms with van der Waals surface area (Å²) in [6.07, 6.45) is 6.95. The number of likely N-dealkylation sites (tertiary alicyclic amines) is 1. The van der Waals surface area contributed by atoms with E-state index in [1.54, 1.807) is 13.3 Å². The van der Waals surface area contributed by atoms with Gasteiger partial charge >= 0.3 is 0 Å². The number of fused-ring (bicyclic) bond motifs is 1. The zero-order valence-corrected chi connectivity index (χ0v) is 14.3. The maximum Gasteiger partial charge on any atom is 0.270 e. The predicted octanol–water partition coefficient (Wildman–Crippen LogP) is 3.07. The minimum Gasteiger partial charge on any atom is -0.497 e. The van der Waals surface area contributed by atoms with Gasteiger partial charge in [0.1, 0.15) is 11.4 Å². The van der Waals surface area contributed by atoms with Gasteiger partial charge in [0.2, 0.25) is 0 Å². The van der Waals surface area contributed by atoms with Gasteiger partial charge in [0.05, 0.1) is 19.7 Å². The first-order chi connectivity index (χ1) is 12.2. The van der Waals surface area contributed by atoms with Gasteiger partial charge in [-0.25, -0.2) is 0 Å². The predicted molar refractivity (Wildman–Crippen MR) is 95.8 cm³/mol. The van der Waals surface area contributed by atoms with Gasteiger partial charge in [-0.1, -0.05) is 0 Å². The number of benzene rings is 1. The van der Waals surface area contributed by atoms with E-state index in [1.807, 2.05) is 46.1 Å². The third kappa shape index (κ3) is 3.12. The molecule has 0 radical (unpaired) electrons. The van der Waals surface area contributed by atoms with Gasteiger partial charge < -0.3 is 14.6 Å². The number of hydrogen-bond donors (Lipinski definition) is 1. The van der Waals surface area contributed by atoms with Crippen LogP contribution in [0.3, 0.4) is 0 Å². The summed E-state index contributed by atoms with van der Waals surface area (Å²) < 4.78 is 7.17. The lowest BCUT2D eigenvalue weighted by Gasteiger charge is -2.35. The maximum atomic E-state index is 13.1. The molecule has 4 rings (SSSR count). The molecule has 3 heterocycles. The largest absolute Gasteiger partial charge is 0.497 e. The summed E-state index contributed by atoms with van der Waals surface area (Å²) in [4.78, 5) is 18.3. The van der Waals surface area contributed by atoms with E-state index in [4.69, 9.17) is 4.74 Å². The molecule has 0 spiro atoms. The Morgan fingerprint density at radius 1 is 1.36 bits per heavy atom. The molecule has 1 fully saturated rings. The summed E-state index contributed by atoms with van der Waals surface area (Å²) in [7, 11) is 1.64. The lowest BCUT2D eigenvalue weighted by atomic mass is 10.0. The van der Waals surface area contributed by atoms with Crippen molar-refractivity contribution in [1.29, 1.82) is 0 Å². The highest BCUT2D eigenvalue weighted by Gasteiger charge is 2.28. The molecule has 1 aliphatic heterocycles. The van der Waals surface area contributed by atoms with E-state index in [2.05, 4.69) is 10.1 Å². The summed E-state index contributed by atoms with van der Waals surface area (Å²) in [5.74, 6) is 0.843. The number of carbonyl (C=O) groups excluding carboxylic acids is 1. The highest BCUT2D eigenvalue weighted by Crippen LogP contribution is 2.25. The van der Waals surface area contributed by atoms with Gasteiger partial charge in [0.25, 0.3) is 5.91 Å². The van der Waals surface area contributed by atoms with Crippen molar-refractivity contribution in [3.05, 3.63) is 48.4 Å². The van der Waals surface area contributed by atoms with Crippen molar-refractivity contribution in [3.63, 3.8) is 0 Å². The fourth-order valence-electron chi connectivity index (χ4n) is 3.59. The zero-order valence-electron chi connectivity index (χ0n) is 14.3. The number of piperidine rings is 1. The third-order valence-electron chi connectivity index (χ3n) is 4.91. The van der Waals surface area contributed by atoms with E-state index < -0.39 is 0 Å². The lowest BCUT2D eigenvalue weighted by molar-refractivity contribution is 0.0579. The van der Waals surface area contributed by atoms with Crippen LogP contribution in [0.2, 0.25) is 0 Å². The second-order valence-corrected chi connectivity index (χ2v) is 6.51. The second-order valence-electron chi connectivity index (χ2n) is 6.51. The van der Waals surface area contributed by atoms with Crippen LogP contribution in [0.15, 0.2) is 42.7 Å². The Kier molecular flexibility index (Phi) is 4.17. The smallest absolute Gasteiger partial charge is 0.270 e. The minimum absolute atomic E-state index is 0.0621. The summed E-state index contributed by atoms with van der Waals surface area (Å²) in [6.45, 7) is 1.54. The first-order valence-electron chi connectivity index (χ1n) is 8.70. The van der Waals surface area contributed by atoms with Crippen LogP contribution in [0.4, 0.5) is 0 Å². The number of nitrogens with zero attached hydrogens (tertiary/aromatic N) is 3. The highest BCUT2D eigenvalue weighted by atomic mass is 16.5. The Morgan fingerprint density at radius 2 is 2.28 bits per heavy atom. The average molecular weight is 338 g/mol. The van der Waals surface area contributed by atoms with Gasteiger partial charge in [-0.15, -0.1) is 0 Å². The van der Waals surface area contributed by atoms with Crippen molar-refractivity contribution in [2.24, 2.45) is 0 Å². The number of aromatic nitrogens is 3. The first-order valence-corrected chi connectivity index (χ1v) is 8.70. The van der Waals surface area contributed by atoms with Crippen molar-refractivity contribution >= 4 is 16.8 Å². The molecular formula is C19H22N4O2. The molecule has 0 unspecified atom stereocenters. The summed E-state index contributed by atoms with van der Waals surface area (Å²) in [6, 6.07) is 9.83. The van der Waals surface area contributed by atoms with Crippen LogP contribution in [-0.2, 0) is 6.54 Å². The van der Waals surface area contributed by atoms with Crippen molar-refractivity contribution in [2.75, 3.05) is 13.7 Å².